The van der Waals surface area contributed by atoms with Gasteiger partial charge in [0, 0.05) is 5.56 Å². The molecule has 0 bridgehead atoms. The smallest absolute Gasteiger partial charge is 0.312 e. The minimum atomic E-state index is -1.67. The molecule has 25 heavy (non-hydrogen) atoms. The molecule has 5 heteroatoms. The van der Waals surface area contributed by atoms with Crippen LogP contribution in [0.5, 0.6) is 23.0 Å². The molecule has 124 valence electrons. The van der Waals surface area contributed by atoms with Gasteiger partial charge in [-0.15, -0.1) is 0 Å². The van der Waals surface area contributed by atoms with Crippen molar-refractivity contribution in [3.05, 3.63) is 65.7 Å². The van der Waals surface area contributed by atoms with Gasteiger partial charge in [0.1, 0.15) is 23.0 Å². The van der Waals surface area contributed by atoms with Gasteiger partial charge in [0.05, 0.1) is 10.9 Å². The molecule has 5 nitrogen and oxygen atoms in total. The Kier molecular flexibility index (Phi) is 2.65. The van der Waals surface area contributed by atoms with Gasteiger partial charge < -0.3 is 24.8 Å². The normalized spacial score (nSPS) is 19.3. The highest BCUT2D eigenvalue weighted by atomic mass is 16.7. The van der Waals surface area contributed by atoms with Crippen LogP contribution in [-0.2, 0) is 5.79 Å². The number of aromatic hydroxyl groups is 2. The van der Waals surface area contributed by atoms with Crippen molar-refractivity contribution in [2.75, 3.05) is 0 Å². The third-order valence-electron chi connectivity index (χ3n) is 4.73. The lowest BCUT2D eigenvalue weighted by molar-refractivity contribution is -0.185. The van der Waals surface area contributed by atoms with E-state index in [1.807, 2.05) is 24.3 Å². The Bertz CT molecular complexity index is 1010. The first-order valence-corrected chi connectivity index (χ1v) is 7.91. The number of ether oxygens (including phenoxy) is 2. The van der Waals surface area contributed by atoms with E-state index in [4.69, 9.17) is 9.47 Å². The Morgan fingerprint density at radius 1 is 0.840 bits per heavy atom. The fourth-order valence-corrected chi connectivity index (χ4v) is 3.61. The van der Waals surface area contributed by atoms with Crippen molar-refractivity contribution in [2.45, 2.75) is 11.9 Å². The minimum Gasteiger partial charge on any atom is -0.507 e. The average molecular weight is 334 g/mol. The molecule has 0 unspecified atom stereocenters. The zero-order valence-electron chi connectivity index (χ0n) is 13.0. The molecule has 0 saturated heterocycles. The van der Waals surface area contributed by atoms with Crippen molar-refractivity contribution in [1.29, 1.82) is 0 Å². The molecule has 1 aliphatic carbocycles. The van der Waals surface area contributed by atoms with Gasteiger partial charge in [0.15, 0.2) is 6.10 Å². The molecule has 1 spiro atoms. The predicted octanol–water partition coefficient (Wildman–Crippen LogP) is 3.26. The van der Waals surface area contributed by atoms with Gasteiger partial charge in [-0.25, -0.2) is 0 Å². The highest BCUT2D eigenvalue weighted by Crippen LogP contribution is 2.51. The Hall–Kier alpha value is -3.18. The fraction of sp³-hybridized carbons (Fsp3) is 0.100. The zero-order chi connectivity index (χ0) is 17.2. The van der Waals surface area contributed by atoms with E-state index in [1.54, 1.807) is 18.2 Å². The van der Waals surface area contributed by atoms with Crippen LogP contribution < -0.4 is 9.47 Å². The zero-order valence-corrected chi connectivity index (χ0v) is 13.0. The lowest BCUT2D eigenvalue weighted by Crippen LogP contribution is -2.52. The number of aliphatic hydroxyl groups is 1. The lowest BCUT2D eigenvalue weighted by Gasteiger charge is -2.43. The summed E-state index contributed by atoms with van der Waals surface area (Å²) in [5.41, 5.74) is 0.561. The van der Waals surface area contributed by atoms with Crippen molar-refractivity contribution in [3.63, 3.8) is 0 Å². The monoisotopic (exact) mass is 334 g/mol. The number of hydrogen-bond donors (Lipinski definition) is 3. The second kappa shape index (κ2) is 4.68. The van der Waals surface area contributed by atoms with Crippen LogP contribution in [0.3, 0.4) is 0 Å². The molecule has 3 aromatic carbocycles. The van der Waals surface area contributed by atoms with Crippen LogP contribution in [0.1, 0.15) is 11.1 Å². The molecule has 1 atom stereocenters. The van der Waals surface area contributed by atoms with E-state index >= 15 is 0 Å². The quantitative estimate of drug-likeness (QED) is 0.550. The van der Waals surface area contributed by atoms with Crippen molar-refractivity contribution in [1.82, 2.24) is 0 Å². The van der Waals surface area contributed by atoms with Crippen molar-refractivity contribution in [2.24, 2.45) is 0 Å². The molecule has 0 amide bonds. The van der Waals surface area contributed by atoms with E-state index in [9.17, 15) is 15.3 Å². The van der Waals surface area contributed by atoms with Gasteiger partial charge in [-0.3, -0.25) is 0 Å². The molecular weight excluding hydrogens is 320 g/mol. The van der Waals surface area contributed by atoms with Crippen LogP contribution >= 0.6 is 0 Å². The number of phenols is 2. The van der Waals surface area contributed by atoms with Crippen LogP contribution in [0.2, 0.25) is 0 Å². The van der Waals surface area contributed by atoms with Gasteiger partial charge in [-0.05, 0) is 35.7 Å². The first-order chi connectivity index (χ1) is 12.1. The van der Waals surface area contributed by atoms with Crippen molar-refractivity contribution < 1.29 is 24.8 Å². The maximum absolute atomic E-state index is 10.7. The third kappa shape index (κ3) is 1.76. The number of phenolic OH excluding ortho intramolecular Hbond substituents is 2. The second-order valence-electron chi connectivity index (χ2n) is 6.18. The summed E-state index contributed by atoms with van der Waals surface area (Å²) in [6.07, 6.45) is 1.86. The van der Waals surface area contributed by atoms with E-state index in [2.05, 4.69) is 0 Å². The van der Waals surface area contributed by atoms with Crippen molar-refractivity contribution in [3.8, 4) is 23.0 Å². The van der Waals surface area contributed by atoms with Crippen molar-refractivity contribution >= 4 is 16.8 Å². The number of rotatable bonds is 0. The van der Waals surface area contributed by atoms with Crippen LogP contribution in [-0.4, -0.2) is 21.4 Å². The van der Waals surface area contributed by atoms with E-state index in [0.717, 1.165) is 10.8 Å². The van der Waals surface area contributed by atoms with Crippen LogP contribution in [0.15, 0.2) is 54.6 Å². The van der Waals surface area contributed by atoms with Gasteiger partial charge in [-0.2, -0.15) is 0 Å². The predicted molar refractivity (Wildman–Crippen MR) is 91.7 cm³/mol. The molecular formula is C20H14O5. The number of fused-ring (bicyclic) bond motifs is 2. The maximum Gasteiger partial charge on any atom is 0.312 e. The molecule has 0 fully saturated rings. The summed E-state index contributed by atoms with van der Waals surface area (Å²) in [6, 6.07) is 13.9. The number of hydrogen-bond acceptors (Lipinski definition) is 5. The van der Waals surface area contributed by atoms with E-state index in [-0.39, 0.29) is 17.1 Å². The van der Waals surface area contributed by atoms with Gasteiger partial charge in [-0.1, -0.05) is 30.3 Å². The summed E-state index contributed by atoms with van der Waals surface area (Å²) in [5.74, 6) is -0.734. The number of aliphatic hydroxyl groups excluding tert-OH is 1. The summed E-state index contributed by atoms with van der Waals surface area (Å²) in [7, 11) is 0. The van der Waals surface area contributed by atoms with Crippen LogP contribution in [0, 0.1) is 0 Å². The minimum absolute atomic E-state index is 0.0282. The Labute approximate surface area is 143 Å². The van der Waals surface area contributed by atoms with Gasteiger partial charge >= 0.3 is 5.79 Å². The molecule has 5 rings (SSSR count). The summed E-state index contributed by atoms with van der Waals surface area (Å²) >= 11 is 0. The van der Waals surface area contributed by atoms with E-state index in [1.165, 1.54) is 18.2 Å². The van der Waals surface area contributed by atoms with E-state index in [0.29, 0.717) is 17.1 Å². The molecule has 3 N–H and O–H groups in total. The molecule has 2 aliphatic rings. The lowest BCUT2D eigenvalue weighted by atomic mass is 9.87. The highest BCUT2D eigenvalue weighted by molar-refractivity contribution is 5.94. The highest BCUT2D eigenvalue weighted by Gasteiger charge is 2.52. The SMILES string of the molecule is Oc1ccc(O)c2c1C=C[C@@H](O)C21Oc2cccc3cccc(c23)O1. The van der Waals surface area contributed by atoms with Crippen LogP contribution in [0.25, 0.3) is 16.8 Å². The summed E-state index contributed by atoms with van der Waals surface area (Å²) < 4.78 is 12.2. The Morgan fingerprint density at radius 2 is 1.48 bits per heavy atom. The molecule has 0 aromatic heterocycles. The maximum atomic E-state index is 10.7. The average Bonchev–Trinajstić information content (AvgIpc) is 2.61. The molecule has 0 saturated carbocycles. The molecule has 1 heterocycles. The third-order valence-corrected chi connectivity index (χ3v) is 4.73. The van der Waals surface area contributed by atoms with Gasteiger partial charge in [0.25, 0.3) is 0 Å². The summed E-state index contributed by atoms with van der Waals surface area (Å²) in [6.45, 7) is 0. The summed E-state index contributed by atoms with van der Waals surface area (Å²) in [4.78, 5) is 0. The Morgan fingerprint density at radius 3 is 2.16 bits per heavy atom. The largest absolute Gasteiger partial charge is 0.507 e. The van der Waals surface area contributed by atoms with Crippen LogP contribution in [0.4, 0.5) is 0 Å². The molecule has 0 radical (unpaired) electrons. The van der Waals surface area contributed by atoms with Gasteiger partial charge in [0.2, 0.25) is 0 Å². The standard InChI is InChI=1S/C20H14O5/c21-13-8-9-14(22)19-12(13)7-10-17(23)20(19)24-15-5-1-3-11-4-2-6-16(25-20)18(11)15/h1-10,17,21-23H/t17-/m1/s1. The topological polar surface area (TPSA) is 79.2 Å². The Balaban J connectivity index is 1.82. The second-order valence-corrected chi connectivity index (χ2v) is 6.18. The molecule has 1 aliphatic heterocycles. The van der Waals surface area contributed by atoms with E-state index < -0.39 is 11.9 Å². The summed E-state index contributed by atoms with van der Waals surface area (Å²) in [5, 5.41) is 33.1. The molecule has 3 aromatic rings. The number of benzene rings is 3. The first kappa shape index (κ1) is 14.2. The first-order valence-electron chi connectivity index (χ1n) is 7.91. The fourth-order valence-electron chi connectivity index (χ4n) is 3.61.